The summed E-state index contributed by atoms with van der Waals surface area (Å²) < 4.78 is 1.74. The van der Waals surface area contributed by atoms with E-state index >= 15 is 0 Å². The summed E-state index contributed by atoms with van der Waals surface area (Å²) in [6.45, 7) is 0.296. The number of aldehydes is 1. The molecule has 1 N–H and O–H groups in total. The van der Waals surface area contributed by atoms with Crippen molar-refractivity contribution in [2.24, 2.45) is 0 Å². The number of carbonyl (C=O) groups excluding carboxylic acids is 2. The molecule has 17 heavy (non-hydrogen) atoms. The van der Waals surface area contributed by atoms with Crippen LogP contribution < -0.4 is 5.32 Å². The van der Waals surface area contributed by atoms with E-state index in [2.05, 4.69) is 5.32 Å². The smallest absolute Gasteiger partial charge is 0.240 e. The molecule has 0 atom stereocenters. The molecule has 0 radical (unpaired) electrons. The van der Waals surface area contributed by atoms with E-state index in [9.17, 15) is 9.59 Å². The van der Waals surface area contributed by atoms with Gasteiger partial charge in [-0.3, -0.25) is 9.59 Å². The second-order valence-corrected chi connectivity index (χ2v) is 4.64. The van der Waals surface area contributed by atoms with E-state index in [-0.39, 0.29) is 5.91 Å². The molecule has 0 bridgehead atoms. The van der Waals surface area contributed by atoms with Gasteiger partial charge in [-0.05, 0) is 18.9 Å². The highest BCUT2D eigenvalue weighted by Crippen LogP contribution is 2.17. The topological polar surface area (TPSA) is 51.1 Å². The Morgan fingerprint density at radius 2 is 2.18 bits per heavy atom. The second-order valence-electron chi connectivity index (χ2n) is 4.64. The van der Waals surface area contributed by atoms with Gasteiger partial charge in [0.25, 0.3) is 0 Å². The molecule has 1 fully saturated rings. The molecule has 1 aliphatic rings. The number of aromatic nitrogens is 1. The van der Waals surface area contributed by atoms with Crippen LogP contribution in [0.4, 0.5) is 0 Å². The Kier molecular flexibility index (Phi) is 3.96. The van der Waals surface area contributed by atoms with Gasteiger partial charge in [0.15, 0.2) is 6.29 Å². The molecule has 0 spiro atoms. The molecule has 4 nitrogen and oxygen atoms in total. The molecule has 4 heteroatoms. The van der Waals surface area contributed by atoms with Crippen LogP contribution in [0.25, 0.3) is 0 Å². The molecule has 0 unspecified atom stereocenters. The van der Waals surface area contributed by atoms with Gasteiger partial charge in [0.05, 0.1) is 0 Å². The highest BCUT2D eigenvalue weighted by molar-refractivity contribution is 5.77. The summed E-state index contributed by atoms with van der Waals surface area (Å²) in [7, 11) is 0. The van der Waals surface area contributed by atoms with E-state index in [1.54, 1.807) is 23.0 Å². The summed E-state index contributed by atoms with van der Waals surface area (Å²) in [4.78, 5) is 22.3. The van der Waals surface area contributed by atoms with E-state index in [0.717, 1.165) is 19.1 Å². The van der Waals surface area contributed by atoms with E-state index in [1.165, 1.54) is 19.3 Å². The fourth-order valence-electron chi connectivity index (χ4n) is 2.31. The standard InChI is InChI=1S/C13H18N2O2/c16-10-11-6-7-15(8-11)9-13(17)14-12-4-2-1-3-5-12/h6-8,10,12H,1-5,9H2,(H,14,17). The zero-order valence-electron chi connectivity index (χ0n) is 9.89. The Bertz CT molecular complexity index is 392. The monoisotopic (exact) mass is 234 g/mol. The minimum absolute atomic E-state index is 0.0324. The van der Waals surface area contributed by atoms with Gasteiger partial charge in [0.2, 0.25) is 5.91 Å². The van der Waals surface area contributed by atoms with Gasteiger partial charge < -0.3 is 9.88 Å². The summed E-state index contributed by atoms with van der Waals surface area (Å²) in [6, 6.07) is 2.05. The number of rotatable bonds is 4. The van der Waals surface area contributed by atoms with Crippen molar-refractivity contribution in [1.82, 2.24) is 9.88 Å². The number of carbonyl (C=O) groups is 2. The quantitative estimate of drug-likeness (QED) is 0.807. The van der Waals surface area contributed by atoms with Gasteiger partial charge in [-0.2, -0.15) is 0 Å². The van der Waals surface area contributed by atoms with Crippen LogP contribution in [-0.2, 0) is 11.3 Å². The largest absolute Gasteiger partial charge is 0.352 e. The summed E-state index contributed by atoms with van der Waals surface area (Å²) >= 11 is 0. The van der Waals surface area contributed by atoms with Gasteiger partial charge in [0.1, 0.15) is 6.54 Å². The van der Waals surface area contributed by atoms with Gasteiger partial charge in [-0.25, -0.2) is 0 Å². The number of hydrogen-bond donors (Lipinski definition) is 1. The minimum Gasteiger partial charge on any atom is -0.352 e. The van der Waals surface area contributed by atoms with Crippen molar-refractivity contribution in [1.29, 1.82) is 0 Å². The van der Waals surface area contributed by atoms with Crippen LogP contribution in [0.5, 0.6) is 0 Å². The summed E-state index contributed by atoms with van der Waals surface area (Å²) in [5, 5.41) is 3.05. The highest BCUT2D eigenvalue weighted by Gasteiger charge is 2.15. The molecule has 2 rings (SSSR count). The first-order chi connectivity index (χ1) is 8.28. The molecule has 1 saturated carbocycles. The van der Waals surface area contributed by atoms with Crippen molar-refractivity contribution in [3.05, 3.63) is 24.0 Å². The Hall–Kier alpha value is -1.58. The third-order valence-corrected chi connectivity index (χ3v) is 3.21. The predicted octanol–water partition coefficient (Wildman–Crippen LogP) is 1.75. The molecule has 92 valence electrons. The lowest BCUT2D eigenvalue weighted by molar-refractivity contribution is -0.122. The van der Waals surface area contributed by atoms with Gasteiger partial charge in [-0.1, -0.05) is 19.3 Å². The lowest BCUT2D eigenvalue weighted by Crippen LogP contribution is -2.37. The Labute approximate surface area is 101 Å². The second kappa shape index (κ2) is 5.66. The summed E-state index contributed by atoms with van der Waals surface area (Å²) in [6.07, 6.45) is 10.1. The van der Waals surface area contributed by atoms with Crippen LogP contribution >= 0.6 is 0 Å². The lowest BCUT2D eigenvalue weighted by Gasteiger charge is -2.22. The van der Waals surface area contributed by atoms with E-state index < -0.39 is 0 Å². The Balaban J connectivity index is 1.81. The Morgan fingerprint density at radius 3 is 2.82 bits per heavy atom. The molecule has 1 amide bonds. The lowest BCUT2D eigenvalue weighted by atomic mass is 9.95. The van der Waals surface area contributed by atoms with Crippen molar-refractivity contribution in [3.63, 3.8) is 0 Å². The van der Waals surface area contributed by atoms with Crippen LogP contribution in [0.1, 0.15) is 42.5 Å². The number of hydrogen-bond acceptors (Lipinski definition) is 2. The first-order valence-corrected chi connectivity index (χ1v) is 6.18. The molecular weight excluding hydrogens is 216 g/mol. The highest BCUT2D eigenvalue weighted by atomic mass is 16.2. The third kappa shape index (κ3) is 3.44. The summed E-state index contributed by atoms with van der Waals surface area (Å²) in [5.74, 6) is 0.0324. The third-order valence-electron chi connectivity index (χ3n) is 3.21. The van der Waals surface area contributed by atoms with Crippen molar-refractivity contribution in [2.45, 2.75) is 44.7 Å². The maximum Gasteiger partial charge on any atom is 0.240 e. The fraction of sp³-hybridized carbons (Fsp3) is 0.538. The van der Waals surface area contributed by atoms with Gasteiger partial charge in [-0.15, -0.1) is 0 Å². The zero-order valence-corrected chi connectivity index (χ0v) is 9.89. The number of amides is 1. The van der Waals surface area contributed by atoms with Crippen molar-refractivity contribution < 1.29 is 9.59 Å². The average Bonchev–Trinajstić information content (AvgIpc) is 2.78. The van der Waals surface area contributed by atoms with E-state index in [0.29, 0.717) is 18.2 Å². The van der Waals surface area contributed by atoms with Crippen molar-refractivity contribution >= 4 is 12.2 Å². The van der Waals surface area contributed by atoms with Gasteiger partial charge >= 0.3 is 0 Å². The maximum absolute atomic E-state index is 11.8. The molecule has 0 aliphatic heterocycles. The minimum atomic E-state index is 0.0324. The van der Waals surface area contributed by atoms with Crippen LogP contribution in [-0.4, -0.2) is 22.8 Å². The van der Waals surface area contributed by atoms with E-state index in [1.807, 2.05) is 0 Å². The SMILES string of the molecule is O=Cc1ccn(CC(=O)NC2CCCCC2)c1. The zero-order chi connectivity index (χ0) is 12.1. The van der Waals surface area contributed by atoms with Crippen LogP contribution in [0, 0.1) is 0 Å². The van der Waals surface area contributed by atoms with Crippen molar-refractivity contribution in [3.8, 4) is 0 Å². The maximum atomic E-state index is 11.8. The van der Waals surface area contributed by atoms with Gasteiger partial charge in [0, 0.05) is 24.0 Å². The molecule has 1 aromatic rings. The number of nitrogens with one attached hydrogen (secondary N) is 1. The molecule has 0 saturated heterocycles. The fourth-order valence-corrected chi connectivity index (χ4v) is 2.31. The molecule has 1 aromatic heterocycles. The molecule has 1 aliphatic carbocycles. The van der Waals surface area contributed by atoms with Crippen LogP contribution in [0.2, 0.25) is 0 Å². The average molecular weight is 234 g/mol. The predicted molar refractivity (Wildman–Crippen MR) is 64.8 cm³/mol. The first-order valence-electron chi connectivity index (χ1n) is 6.18. The number of nitrogens with zero attached hydrogens (tertiary/aromatic N) is 1. The Morgan fingerprint density at radius 1 is 1.41 bits per heavy atom. The first kappa shape index (κ1) is 11.9. The normalized spacial score (nSPS) is 16.7. The molecular formula is C13H18N2O2. The van der Waals surface area contributed by atoms with Crippen molar-refractivity contribution in [2.75, 3.05) is 0 Å². The summed E-state index contributed by atoms with van der Waals surface area (Å²) in [5.41, 5.74) is 0.607. The molecule has 0 aromatic carbocycles. The van der Waals surface area contributed by atoms with E-state index in [4.69, 9.17) is 0 Å². The van der Waals surface area contributed by atoms with Crippen LogP contribution in [0.3, 0.4) is 0 Å². The van der Waals surface area contributed by atoms with Crippen LogP contribution in [0.15, 0.2) is 18.5 Å². The molecule has 1 heterocycles.